The summed E-state index contributed by atoms with van der Waals surface area (Å²) in [6, 6.07) is 4.59. The van der Waals surface area contributed by atoms with E-state index in [0.29, 0.717) is 5.75 Å². The van der Waals surface area contributed by atoms with Crippen LogP contribution in [0.25, 0.3) is 0 Å². The molecule has 0 N–H and O–H groups in total. The summed E-state index contributed by atoms with van der Waals surface area (Å²) >= 11 is 1.40. The molecule has 13 heavy (non-hydrogen) atoms. The highest BCUT2D eigenvalue weighted by atomic mass is 32.2. The number of aryl methyl sites for hydroxylation is 1. The van der Waals surface area contributed by atoms with Gasteiger partial charge in [0.1, 0.15) is 5.82 Å². The summed E-state index contributed by atoms with van der Waals surface area (Å²) in [5.41, 5.74) is 1.11. The average molecular weight is 198 g/mol. The molecule has 0 unspecified atom stereocenters. The second-order valence-electron chi connectivity index (χ2n) is 2.84. The number of Topliss-reactive ketones (excluding diaryl/α,β-unsaturated/α-hetero) is 1. The quantitative estimate of drug-likeness (QED) is 0.694. The topological polar surface area (TPSA) is 17.1 Å². The van der Waals surface area contributed by atoms with Gasteiger partial charge in [-0.1, -0.05) is 11.6 Å². The summed E-state index contributed by atoms with van der Waals surface area (Å²) in [4.78, 5) is 11.4. The summed E-state index contributed by atoms with van der Waals surface area (Å²) in [7, 11) is 0. The average Bonchev–Trinajstić information content (AvgIpc) is 2.09. The zero-order valence-electron chi connectivity index (χ0n) is 7.63. The maximum atomic E-state index is 13.1. The Kier molecular flexibility index (Phi) is 3.48. The Bertz CT molecular complexity index is 323. The third kappa shape index (κ3) is 2.56. The Morgan fingerprint density at radius 2 is 2.23 bits per heavy atom. The van der Waals surface area contributed by atoms with E-state index < -0.39 is 5.82 Å². The minimum Gasteiger partial charge on any atom is -0.293 e. The van der Waals surface area contributed by atoms with Crippen molar-refractivity contribution in [2.45, 2.75) is 6.92 Å². The molecule has 0 saturated heterocycles. The van der Waals surface area contributed by atoms with E-state index >= 15 is 0 Å². The van der Waals surface area contributed by atoms with Crippen molar-refractivity contribution in [1.29, 1.82) is 0 Å². The number of carbonyl (C=O) groups is 1. The fourth-order valence-electron chi connectivity index (χ4n) is 1.06. The molecule has 0 spiro atoms. The normalized spacial score (nSPS) is 10.1. The molecule has 0 saturated carbocycles. The van der Waals surface area contributed by atoms with E-state index in [9.17, 15) is 9.18 Å². The van der Waals surface area contributed by atoms with Gasteiger partial charge in [0.05, 0.1) is 11.3 Å². The molecule has 0 atom stereocenters. The fourth-order valence-corrected chi connectivity index (χ4v) is 1.48. The molecule has 1 nitrogen and oxygen atoms in total. The van der Waals surface area contributed by atoms with Gasteiger partial charge in [-0.05, 0) is 25.3 Å². The number of hydrogen-bond acceptors (Lipinski definition) is 2. The van der Waals surface area contributed by atoms with E-state index in [0.717, 1.165) is 5.56 Å². The van der Waals surface area contributed by atoms with E-state index in [1.165, 1.54) is 17.8 Å². The van der Waals surface area contributed by atoms with Gasteiger partial charge >= 0.3 is 0 Å². The van der Waals surface area contributed by atoms with Crippen LogP contribution < -0.4 is 0 Å². The lowest BCUT2D eigenvalue weighted by molar-refractivity contribution is 0.101. The Morgan fingerprint density at radius 1 is 1.54 bits per heavy atom. The SMILES string of the molecule is CSCC(=O)c1cc(C)ccc1F. The summed E-state index contributed by atoms with van der Waals surface area (Å²) in [5.74, 6) is -0.237. The number of benzene rings is 1. The second-order valence-corrected chi connectivity index (χ2v) is 3.71. The Morgan fingerprint density at radius 3 is 2.85 bits per heavy atom. The molecule has 0 fully saturated rings. The van der Waals surface area contributed by atoms with Gasteiger partial charge in [0.2, 0.25) is 0 Å². The Hall–Kier alpha value is -0.830. The van der Waals surface area contributed by atoms with Crippen molar-refractivity contribution in [2.24, 2.45) is 0 Å². The van der Waals surface area contributed by atoms with Crippen LogP contribution in [0.2, 0.25) is 0 Å². The maximum absolute atomic E-state index is 13.1. The van der Waals surface area contributed by atoms with Crippen molar-refractivity contribution in [1.82, 2.24) is 0 Å². The number of hydrogen-bond donors (Lipinski definition) is 0. The van der Waals surface area contributed by atoms with Crippen molar-refractivity contribution >= 4 is 17.5 Å². The molecular formula is C10H11FOS. The lowest BCUT2D eigenvalue weighted by Gasteiger charge is -2.01. The smallest absolute Gasteiger partial charge is 0.175 e. The van der Waals surface area contributed by atoms with Gasteiger partial charge in [-0.3, -0.25) is 4.79 Å². The first kappa shape index (κ1) is 10.3. The van der Waals surface area contributed by atoms with Crippen LogP contribution in [0.3, 0.4) is 0 Å². The molecule has 0 bridgehead atoms. The molecule has 0 amide bonds. The van der Waals surface area contributed by atoms with Gasteiger partial charge in [-0.25, -0.2) is 4.39 Å². The second kappa shape index (κ2) is 4.42. The number of rotatable bonds is 3. The van der Waals surface area contributed by atoms with Crippen LogP contribution in [0, 0.1) is 12.7 Å². The first-order valence-electron chi connectivity index (χ1n) is 3.93. The van der Waals surface area contributed by atoms with Crippen LogP contribution in [0.5, 0.6) is 0 Å². The fraction of sp³-hybridized carbons (Fsp3) is 0.300. The zero-order chi connectivity index (χ0) is 9.84. The Balaban J connectivity index is 2.99. The summed E-state index contributed by atoms with van der Waals surface area (Å²) in [6.07, 6.45) is 1.83. The largest absolute Gasteiger partial charge is 0.293 e. The van der Waals surface area contributed by atoms with Crippen molar-refractivity contribution in [3.8, 4) is 0 Å². The van der Waals surface area contributed by atoms with E-state index in [4.69, 9.17) is 0 Å². The first-order chi connectivity index (χ1) is 6.15. The van der Waals surface area contributed by atoms with Gasteiger partial charge in [-0.2, -0.15) is 11.8 Å². The molecule has 70 valence electrons. The van der Waals surface area contributed by atoms with Crippen LogP contribution in [-0.2, 0) is 0 Å². The lowest BCUT2D eigenvalue weighted by atomic mass is 10.1. The maximum Gasteiger partial charge on any atom is 0.175 e. The number of halogens is 1. The van der Waals surface area contributed by atoms with Crippen molar-refractivity contribution < 1.29 is 9.18 Å². The van der Waals surface area contributed by atoms with E-state index in [2.05, 4.69) is 0 Å². The third-order valence-electron chi connectivity index (χ3n) is 1.70. The van der Waals surface area contributed by atoms with E-state index in [-0.39, 0.29) is 11.3 Å². The zero-order valence-corrected chi connectivity index (χ0v) is 8.45. The molecule has 0 aliphatic carbocycles. The van der Waals surface area contributed by atoms with Gasteiger partial charge in [0, 0.05) is 0 Å². The monoisotopic (exact) mass is 198 g/mol. The standard InChI is InChI=1S/C10H11FOS/c1-7-3-4-9(11)8(5-7)10(12)6-13-2/h3-5H,6H2,1-2H3. The van der Waals surface area contributed by atoms with Crippen LogP contribution in [-0.4, -0.2) is 17.8 Å². The predicted molar refractivity (Wildman–Crippen MR) is 53.8 cm³/mol. The highest BCUT2D eigenvalue weighted by Crippen LogP contribution is 2.12. The minimum absolute atomic E-state index is 0.145. The molecular weight excluding hydrogens is 187 g/mol. The van der Waals surface area contributed by atoms with Crippen LogP contribution in [0.4, 0.5) is 4.39 Å². The molecule has 0 aliphatic rings. The van der Waals surface area contributed by atoms with Gasteiger partial charge in [-0.15, -0.1) is 0 Å². The van der Waals surface area contributed by atoms with Crippen molar-refractivity contribution in [3.63, 3.8) is 0 Å². The van der Waals surface area contributed by atoms with Crippen LogP contribution in [0.15, 0.2) is 18.2 Å². The molecule has 1 aromatic rings. The molecule has 3 heteroatoms. The Labute approximate surface area is 81.3 Å². The predicted octanol–water partition coefficient (Wildman–Crippen LogP) is 2.68. The van der Waals surface area contributed by atoms with Gasteiger partial charge < -0.3 is 0 Å². The van der Waals surface area contributed by atoms with Crippen molar-refractivity contribution in [3.05, 3.63) is 35.1 Å². The van der Waals surface area contributed by atoms with Gasteiger partial charge in [0.25, 0.3) is 0 Å². The molecule has 0 aromatic heterocycles. The van der Waals surface area contributed by atoms with Crippen molar-refractivity contribution in [2.75, 3.05) is 12.0 Å². The third-order valence-corrected chi connectivity index (χ3v) is 2.25. The summed E-state index contributed by atoms with van der Waals surface area (Å²) in [5, 5.41) is 0. The van der Waals surface area contributed by atoms with E-state index in [1.54, 1.807) is 12.1 Å². The van der Waals surface area contributed by atoms with Gasteiger partial charge in [0.15, 0.2) is 5.78 Å². The number of ketones is 1. The molecule has 0 heterocycles. The van der Waals surface area contributed by atoms with Crippen LogP contribution >= 0.6 is 11.8 Å². The summed E-state index contributed by atoms with van der Waals surface area (Å²) in [6.45, 7) is 1.84. The number of carbonyl (C=O) groups excluding carboxylic acids is 1. The molecule has 1 aromatic carbocycles. The minimum atomic E-state index is -0.426. The summed E-state index contributed by atoms with van der Waals surface area (Å²) < 4.78 is 13.1. The van der Waals surface area contributed by atoms with E-state index in [1.807, 2.05) is 13.2 Å². The highest BCUT2D eigenvalue weighted by Gasteiger charge is 2.10. The molecule has 1 rings (SSSR count). The van der Waals surface area contributed by atoms with Crippen LogP contribution in [0.1, 0.15) is 15.9 Å². The molecule has 0 radical (unpaired) electrons. The number of thioether (sulfide) groups is 1. The molecule has 0 aliphatic heterocycles. The first-order valence-corrected chi connectivity index (χ1v) is 5.33. The highest BCUT2D eigenvalue weighted by molar-refractivity contribution is 7.99. The lowest BCUT2D eigenvalue weighted by Crippen LogP contribution is -2.05.